The molecule has 0 bridgehead atoms. The van der Waals surface area contributed by atoms with Gasteiger partial charge in [-0.05, 0) is 30.7 Å². The monoisotopic (exact) mass is 245 g/mol. The van der Waals surface area contributed by atoms with Gasteiger partial charge in [0.1, 0.15) is 0 Å². The summed E-state index contributed by atoms with van der Waals surface area (Å²) in [5, 5.41) is 10.2. The maximum absolute atomic E-state index is 9.17. The van der Waals surface area contributed by atoms with Gasteiger partial charge < -0.3 is 15.7 Å². The number of rotatable bonds is 5. The standard InChI is InChI=1S/C14H19N3O/c1-2-8-17(9-10-18)13-6-5-12(15)14-11(13)4-3-7-16-14/h3-7,18H,2,8-10,15H2,1H3. The first-order chi connectivity index (χ1) is 8.77. The quantitative estimate of drug-likeness (QED) is 0.791. The van der Waals surface area contributed by atoms with E-state index in [2.05, 4.69) is 16.8 Å². The number of hydrogen-bond acceptors (Lipinski definition) is 4. The van der Waals surface area contributed by atoms with Gasteiger partial charge in [-0.25, -0.2) is 0 Å². The minimum Gasteiger partial charge on any atom is -0.397 e. The summed E-state index contributed by atoms with van der Waals surface area (Å²) in [6.07, 6.45) is 2.78. The Morgan fingerprint density at radius 3 is 2.83 bits per heavy atom. The summed E-state index contributed by atoms with van der Waals surface area (Å²) in [5.74, 6) is 0. The molecule has 18 heavy (non-hydrogen) atoms. The zero-order chi connectivity index (χ0) is 13.0. The summed E-state index contributed by atoms with van der Waals surface area (Å²) in [7, 11) is 0. The Hall–Kier alpha value is -1.81. The number of hydrogen-bond donors (Lipinski definition) is 2. The molecule has 2 rings (SSSR count). The highest BCUT2D eigenvalue weighted by Crippen LogP contribution is 2.29. The molecule has 0 unspecified atom stereocenters. The van der Waals surface area contributed by atoms with Crippen molar-refractivity contribution in [3.63, 3.8) is 0 Å². The third kappa shape index (κ3) is 2.38. The van der Waals surface area contributed by atoms with Crippen molar-refractivity contribution >= 4 is 22.3 Å². The molecule has 1 aromatic carbocycles. The van der Waals surface area contributed by atoms with Crippen molar-refractivity contribution in [1.82, 2.24) is 4.98 Å². The molecule has 0 radical (unpaired) electrons. The van der Waals surface area contributed by atoms with E-state index in [9.17, 15) is 0 Å². The summed E-state index contributed by atoms with van der Waals surface area (Å²) < 4.78 is 0. The maximum atomic E-state index is 9.17. The zero-order valence-corrected chi connectivity index (χ0v) is 10.6. The predicted molar refractivity (Wildman–Crippen MR) is 75.7 cm³/mol. The van der Waals surface area contributed by atoms with Gasteiger partial charge in [-0.2, -0.15) is 0 Å². The SMILES string of the molecule is CCCN(CCO)c1ccc(N)c2ncccc12. The Balaban J connectivity index is 2.52. The van der Waals surface area contributed by atoms with E-state index in [-0.39, 0.29) is 6.61 Å². The van der Waals surface area contributed by atoms with Gasteiger partial charge in [-0.1, -0.05) is 6.92 Å². The second-order valence-electron chi connectivity index (χ2n) is 4.28. The van der Waals surface area contributed by atoms with E-state index >= 15 is 0 Å². The molecular formula is C14H19N3O. The van der Waals surface area contributed by atoms with Crippen LogP contribution < -0.4 is 10.6 Å². The molecule has 1 aromatic heterocycles. The van der Waals surface area contributed by atoms with Crippen LogP contribution in [0.2, 0.25) is 0 Å². The van der Waals surface area contributed by atoms with Gasteiger partial charge in [-0.3, -0.25) is 4.98 Å². The lowest BCUT2D eigenvalue weighted by atomic mass is 10.1. The molecular weight excluding hydrogens is 226 g/mol. The number of nitrogen functional groups attached to an aromatic ring is 1. The number of aliphatic hydroxyl groups is 1. The van der Waals surface area contributed by atoms with Gasteiger partial charge in [0.25, 0.3) is 0 Å². The fraction of sp³-hybridized carbons (Fsp3) is 0.357. The van der Waals surface area contributed by atoms with Crippen molar-refractivity contribution < 1.29 is 5.11 Å². The summed E-state index contributed by atoms with van der Waals surface area (Å²) in [5.41, 5.74) is 8.55. The van der Waals surface area contributed by atoms with Crippen LogP contribution in [-0.2, 0) is 0 Å². The van der Waals surface area contributed by atoms with E-state index in [1.807, 2.05) is 24.3 Å². The fourth-order valence-electron chi connectivity index (χ4n) is 2.20. The summed E-state index contributed by atoms with van der Waals surface area (Å²) in [6, 6.07) is 7.82. The lowest BCUT2D eigenvalue weighted by Gasteiger charge is -2.25. The molecule has 0 spiro atoms. The molecule has 0 aliphatic carbocycles. The Morgan fingerprint density at radius 2 is 2.11 bits per heavy atom. The van der Waals surface area contributed by atoms with Crippen LogP contribution in [0.4, 0.5) is 11.4 Å². The highest BCUT2D eigenvalue weighted by atomic mass is 16.3. The Kier molecular flexibility index (Phi) is 3.99. The van der Waals surface area contributed by atoms with Crippen LogP contribution in [0, 0.1) is 0 Å². The molecule has 4 nitrogen and oxygen atoms in total. The summed E-state index contributed by atoms with van der Waals surface area (Å²) >= 11 is 0. The van der Waals surface area contributed by atoms with Crippen LogP contribution in [0.1, 0.15) is 13.3 Å². The molecule has 0 amide bonds. The van der Waals surface area contributed by atoms with Crippen molar-refractivity contribution in [2.24, 2.45) is 0 Å². The van der Waals surface area contributed by atoms with E-state index in [1.54, 1.807) is 6.20 Å². The number of anilines is 2. The number of pyridine rings is 1. The van der Waals surface area contributed by atoms with Gasteiger partial charge in [0.05, 0.1) is 17.8 Å². The number of nitrogens with two attached hydrogens (primary N) is 1. The largest absolute Gasteiger partial charge is 0.397 e. The highest BCUT2D eigenvalue weighted by Gasteiger charge is 2.10. The van der Waals surface area contributed by atoms with Crippen molar-refractivity contribution in [2.75, 3.05) is 30.3 Å². The molecule has 0 saturated heterocycles. The van der Waals surface area contributed by atoms with Crippen LogP contribution in [-0.4, -0.2) is 29.8 Å². The van der Waals surface area contributed by atoms with E-state index < -0.39 is 0 Å². The van der Waals surface area contributed by atoms with Gasteiger partial charge in [-0.15, -0.1) is 0 Å². The van der Waals surface area contributed by atoms with Gasteiger partial charge in [0.2, 0.25) is 0 Å². The smallest absolute Gasteiger partial charge is 0.0951 e. The first-order valence-electron chi connectivity index (χ1n) is 6.27. The Bertz CT molecular complexity index is 521. The number of nitrogens with zero attached hydrogens (tertiary/aromatic N) is 2. The second-order valence-corrected chi connectivity index (χ2v) is 4.28. The topological polar surface area (TPSA) is 62.4 Å². The Labute approximate surface area is 107 Å². The van der Waals surface area contributed by atoms with E-state index in [1.165, 1.54) is 0 Å². The molecule has 96 valence electrons. The third-order valence-electron chi connectivity index (χ3n) is 2.98. The van der Waals surface area contributed by atoms with Crippen molar-refractivity contribution in [1.29, 1.82) is 0 Å². The molecule has 2 aromatic rings. The van der Waals surface area contributed by atoms with Gasteiger partial charge in [0.15, 0.2) is 0 Å². The minimum atomic E-state index is 0.145. The minimum absolute atomic E-state index is 0.145. The summed E-state index contributed by atoms with van der Waals surface area (Å²) in [6.45, 7) is 3.81. The molecule has 0 atom stereocenters. The van der Waals surface area contributed by atoms with E-state index in [0.717, 1.165) is 29.6 Å². The van der Waals surface area contributed by atoms with Crippen molar-refractivity contribution in [3.8, 4) is 0 Å². The number of aromatic nitrogens is 1. The lowest BCUT2D eigenvalue weighted by Crippen LogP contribution is -2.27. The normalized spacial score (nSPS) is 10.8. The number of fused-ring (bicyclic) bond motifs is 1. The van der Waals surface area contributed by atoms with Crippen LogP contribution in [0.5, 0.6) is 0 Å². The van der Waals surface area contributed by atoms with Crippen LogP contribution >= 0.6 is 0 Å². The van der Waals surface area contributed by atoms with Crippen LogP contribution in [0.15, 0.2) is 30.5 Å². The molecule has 4 heteroatoms. The predicted octanol–water partition coefficient (Wildman–Crippen LogP) is 2.03. The van der Waals surface area contributed by atoms with Crippen molar-refractivity contribution in [2.45, 2.75) is 13.3 Å². The summed E-state index contributed by atoms with van der Waals surface area (Å²) in [4.78, 5) is 6.50. The maximum Gasteiger partial charge on any atom is 0.0951 e. The first kappa shape index (κ1) is 12.6. The van der Waals surface area contributed by atoms with E-state index in [0.29, 0.717) is 12.2 Å². The molecule has 0 aliphatic heterocycles. The van der Waals surface area contributed by atoms with Crippen molar-refractivity contribution in [3.05, 3.63) is 30.5 Å². The average Bonchev–Trinajstić information content (AvgIpc) is 2.39. The average molecular weight is 245 g/mol. The van der Waals surface area contributed by atoms with Crippen LogP contribution in [0.25, 0.3) is 10.9 Å². The van der Waals surface area contributed by atoms with Gasteiger partial charge in [0, 0.05) is 30.4 Å². The van der Waals surface area contributed by atoms with E-state index in [4.69, 9.17) is 10.8 Å². The van der Waals surface area contributed by atoms with Gasteiger partial charge >= 0.3 is 0 Å². The highest BCUT2D eigenvalue weighted by molar-refractivity contribution is 5.98. The number of benzene rings is 1. The molecule has 0 saturated carbocycles. The molecule has 3 N–H and O–H groups in total. The first-order valence-corrected chi connectivity index (χ1v) is 6.27. The molecule has 1 heterocycles. The fourth-order valence-corrected chi connectivity index (χ4v) is 2.20. The zero-order valence-electron chi connectivity index (χ0n) is 10.6. The molecule has 0 aliphatic rings. The second kappa shape index (κ2) is 5.69. The third-order valence-corrected chi connectivity index (χ3v) is 2.98. The molecule has 0 fully saturated rings. The lowest BCUT2D eigenvalue weighted by molar-refractivity contribution is 0.302. The van der Waals surface area contributed by atoms with Crippen LogP contribution in [0.3, 0.4) is 0 Å². The number of aliphatic hydroxyl groups excluding tert-OH is 1. The Morgan fingerprint density at radius 1 is 1.28 bits per heavy atom.